The molecule has 2 heterocycles. The van der Waals surface area contributed by atoms with E-state index in [9.17, 15) is 8.78 Å². The number of halogens is 2. The quantitative estimate of drug-likeness (QED) is 0.143. The molecule has 0 radical (unpaired) electrons. The van der Waals surface area contributed by atoms with Gasteiger partial charge in [-0.1, -0.05) is 108 Å². The van der Waals surface area contributed by atoms with Crippen molar-refractivity contribution in [2.75, 3.05) is 22.9 Å². The van der Waals surface area contributed by atoms with Gasteiger partial charge in [-0.2, -0.15) is 8.78 Å². The van der Waals surface area contributed by atoms with Gasteiger partial charge in [0, 0.05) is 52.8 Å². The van der Waals surface area contributed by atoms with Gasteiger partial charge >= 0.3 is 6.61 Å². The number of rotatable bonds is 12. The van der Waals surface area contributed by atoms with E-state index in [1.165, 1.54) is 40.3 Å². The van der Waals surface area contributed by atoms with Crippen LogP contribution in [-0.2, 0) is 10.8 Å². The minimum atomic E-state index is -2.93. The van der Waals surface area contributed by atoms with Crippen molar-refractivity contribution in [2.45, 2.75) is 97.1 Å². The number of fused-ring (bicyclic) bond motifs is 2. The molecule has 6 nitrogen and oxygen atoms in total. The molecule has 3 aromatic rings. The van der Waals surface area contributed by atoms with Gasteiger partial charge in [0.2, 0.25) is 0 Å². The molecule has 8 heteroatoms. The van der Waals surface area contributed by atoms with Gasteiger partial charge in [0.15, 0.2) is 0 Å². The molecule has 53 heavy (non-hydrogen) atoms. The normalized spacial score (nSPS) is 20.9. The lowest BCUT2D eigenvalue weighted by atomic mass is 9.80. The van der Waals surface area contributed by atoms with Gasteiger partial charge in [-0.3, -0.25) is 5.01 Å². The Balaban J connectivity index is 1.45. The highest BCUT2D eigenvalue weighted by atomic mass is 19.3. The average Bonchev–Trinajstić information content (AvgIpc) is 3.48. The SMILES string of the molecule is CCCN1/C(=C/C=C2\CCCC(/C=C/C3N(CCC)c4ccccc4C3(C)C)=C2N(N)/C=C(\N)c2cccc(OC(F)F)c2)C(C)(C)c2ccccc21. The van der Waals surface area contributed by atoms with E-state index < -0.39 is 6.61 Å². The zero-order valence-corrected chi connectivity index (χ0v) is 32.1. The lowest BCUT2D eigenvalue weighted by Crippen LogP contribution is -2.40. The fourth-order valence-corrected chi connectivity index (χ4v) is 8.51. The van der Waals surface area contributed by atoms with Crippen LogP contribution in [0.4, 0.5) is 20.2 Å². The standard InChI is InChI=1S/C45H55F2N5O/c1-7-27-50-38-21-11-9-19-35(38)44(3,4)40(50)25-23-31-15-13-16-32(24-26-41-45(5,6)36-20-10-12-22-39(36)51(41)28-8-2)42(31)52(49)30-37(48)33-17-14-18-34(29-33)53-43(46)47/h9-12,14,17-26,29-30,40,43H,7-8,13,15-16,27-28,48-49H2,1-6H3/b25-23+,32-24+,37-30-,41-26+. The van der Waals surface area contributed by atoms with Crippen molar-refractivity contribution in [3.05, 3.63) is 143 Å². The highest BCUT2D eigenvalue weighted by molar-refractivity contribution is 5.71. The minimum absolute atomic E-state index is 0.0405. The number of ether oxygens (including phenoxy) is 1. The second-order valence-corrected chi connectivity index (χ2v) is 15.4. The molecule has 0 saturated heterocycles. The second kappa shape index (κ2) is 15.7. The van der Waals surface area contributed by atoms with Crippen LogP contribution >= 0.6 is 0 Å². The smallest absolute Gasteiger partial charge is 0.387 e. The zero-order chi connectivity index (χ0) is 37.9. The number of alkyl halides is 2. The molecule has 0 fully saturated rings. The highest BCUT2D eigenvalue weighted by Crippen LogP contribution is 2.48. The molecule has 0 spiro atoms. The summed E-state index contributed by atoms with van der Waals surface area (Å²) >= 11 is 0. The van der Waals surface area contributed by atoms with Crippen LogP contribution in [0.2, 0.25) is 0 Å². The largest absolute Gasteiger partial charge is 0.435 e. The van der Waals surface area contributed by atoms with E-state index in [1.54, 1.807) is 23.3 Å². The Kier molecular flexibility index (Phi) is 11.2. The molecule has 3 aliphatic rings. The van der Waals surface area contributed by atoms with E-state index in [0.29, 0.717) is 11.3 Å². The average molecular weight is 720 g/mol. The zero-order valence-electron chi connectivity index (χ0n) is 32.1. The van der Waals surface area contributed by atoms with Crippen LogP contribution < -0.4 is 26.1 Å². The number of para-hydroxylation sites is 2. The van der Waals surface area contributed by atoms with Crippen LogP contribution in [0, 0.1) is 0 Å². The number of nitrogens with two attached hydrogens (primary N) is 2. The first-order valence-electron chi connectivity index (χ1n) is 19.0. The molecule has 0 saturated carbocycles. The Morgan fingerprint density at radius 3 is 2.32 bits per heavy atom. The third-order valence-electron chi connectivity index (χ3n) is 11.0. The predicted octanol–water partition coefficient (Wildman–Crippen LogP) is 10.3. The minimum Gasteiger partial charge on any atom is -0.435 e. The van der Waals surface area contributed by atoms with Crippen molar-refractivity contribution in [1.82, 2.24) is 5.01 Å². The van der Waals surface area contributed by atoms with E-state index in [-0.39, 0.29) is 22.6 Å². The van der Waals surface area contributed by atoms with E-state index >= 15 is 0 Å². The third-order valence-corrected chi connectivity index (χ3v) is 11.0. The van der Waals surface area contributed by atoms with Crippen molar-refractivity contribution < 1.29 is 13.5 Å². The van der Waals surface area contributed by atoms with Crippen LogP contribution in [0.25, 0.3) is 5.70 Å². The number of hydrogen-bond acceptors (Lipinski definition) is 6. The molecule has 6 rings (SSSR count). The van der Waals surface area contributed by atoms with Crippen LogP contribution in [0.15, 0.2) is 126 Å². The van der Waals surface area contributed by atoms with Crippen molar-refractivity contribution in [1.29, 1.82) is 0 Å². The van der Waals surface area contributed by atoms with Gasteiger partial charge < -0.3 is 20.3 Å². The fourth-order valence-electron chi connectivity index (χ4n) is 8.51. The maximum Gasteiger partial charge on any atom is 0.387 e. The summed E-state index contributed by atoms with van der Waals surface area (Å²) in [7, 11) is 0. The van der Waals surface area contributed by atoms with Gasteiger partial charge in [-0.25, -0.2) is 5.84 Å². The fraction of sp³-hybridized carbons (Fsp3) is 0.378. The Labute approximate surface area is 314 Å². The number of hydrazine groups is 1. The van der Waals surface area contributed by atoms with E-state index in [4.69, 9.17) is 11.6 Å². The van der Waals surface area contributed by atoms with Gasteiger partial charge in [-0.15, -0.1) is 0 Å². The Morgan fingerprint density at radius 2 is 1.60 bits per heavy atom. The van der Waals surface area contributed by atoms with Crippen LogP contribution in [0.5, 0.6) is 5.75 Å². The molecule has 1 unspecified atom stereocenters. The molecule has 2 aliphatic heterocycles. The van der Waals surface area contributed by atoms with Gasteiger partial charge in [-0.05, 0) is 84.7 Å². The molecular weight excluding hydrogens is 665 g/mol. The number of benzene rings is 3. The topological polar surface area (TPSA) is 71.0 Å². The molecule has 280 valence electrons. The molecule has 1 atom stereocenters. The number of allylic oxidation sites excluding steroid dienone is 6. The first kappa shape index (κ1) is 37.9. The Morgan fingerprint density at radius 1 is 0.906 bits per heavy atom. The number of anilines is 2. The maximum absolute atomic E-state index is 13.0. The summed E-state index contributed by atoms with van der Waals surface area (Å²) in [6.07, 6.45) is 15.6. The van der Waals surface area contributed by atoms with Gasteiger partial charge in [0.1, 0.15) is 5.75 Å². The lowest BCUT2D eigenvalue weighted by molar-refractivity contribution is -0.0498. The lowest BCUT2D eigenvalue weighted by Gasteiger charge is -2.33. The summed E-state index contributed by atoms with van der Waals surface area (Å²) < 4.78 is 30.7. The first-order chi connectivity index (χ1) is 25.4. The number of hydrogen-bond donors (Lipinski definition) is 2. The third kappa shape index (κ3) is 7.52. The van der Waals surface area contributed by atoms with Gasteiger partial charge in [0.25, 0.3) is 0 Å². The van der Waals surface area contributed by atoms with E-state index in [1.807, 2.05) is 0 Å². The molecular formula is C45H55F2N5O. The Hall–Kier alpha value is -4.82. The Bertz CT molecular complexity index is 1950. The molecule has 1 aliphatic carbocycles. The molecule has 0 amide bonds. The molecule has 0 aromatic heterocycles. The first-order valence-corrected chi connectivity index (χ1v) is 19.0. The summed E-state index contributed by atoms with van der Waals surface area (Å²) in [5, 5.41) is 1.62. The molecule has 3 aromatic carbocycles. The summed E-state index contributed by atoms with van der Waals surface area (Å²) in [6, 6.07) is 24.0. The predicted molar refractivity (Wildman–Crippen MR) is 215 cm³/mol. The molecule has 4 N–H and O–H groups in total. The van der Waals surface area contributed by atoms with Gasteiger partial charge in [0.05, 0.1) is 17.4 Å². The van der Waals surface area contributed by atoms with Crippen molar-refractivity contribution in [3.63, 3.8) is 0 Å². The summed E-state index contributed by atoms with van der Waals surface area (Å²) in [5.41, 5.74) is 16.9. The van der Waals surface area contributed by atoms with Crippen LogP contribution in [-0.4, -0.2) is 30.8 Å². The van der Waals surface area contributed by atoms with Crippen molar-refractivity contribution >= 4 is 17.1 Å². The number of nitrogens with zero attached hydrogens (tertiary/aromatic N) is 3. The second-order valence-electron chi connectivity index (χ2n) is 15.4. The monoisotopic (exact) mass is 719 g/mol. The van der Waals surface area contributed by atoms with Crippen LogP contribution in [0.1, 0.15) is 90.3 Å². The van der Waals surface area contributed by atoms with Crippen LogP contribution in [0.3, 0.4) is 0 Å². The van der Waals surface area contributed by atoms with Crippen molar-refractivity contribution in [2.24, 2.45) is 11.6 Å². The maximum atomic E-state index is 13.0. The van der Waals surface area contributed by atoms with Crippen molar-refractivity contribution in [3.8, 4) is 5.75 Å². The summed E-state index contributed by atoms with van der Waals surface area (Å²) in [6.45, 7) is 12.7. The summed E-state index contributed by atoms with van der Waals surface area (Å²) in [4.78, 5) is 4.99. The molecule has 0 bridgehead atoms. The van der Waals surface area contributed by atoms with E-state index in [2.05, 4.69) is 129 Å². The summed E-state index contributed by atoms with van der Waals surface area (Å²) in [5.74, 6) is 7.04. The highest BCUT2D eigenvalue weighted by Gasteiger charge is 2.43. The van der Waals surface area contributed by atoms with E-state index in [0.717, 1.165) is 62.0 Å².